The molecule has 0 bridgehead atoms. The van der Waals surface area contributed by atoms with Crippen LogP contribution in [0.15, 0.2) is 41.6 Å². The fraction of sp³-hybridized carbons (Fsp3) is 0.600. The van der Waals surface area contributed by atoms with Crippen molar-refractivity contribution in [2.75, 3.05) is 0 Å². The highest BCUT2D eigenvalue weighted by atomic mass is 28.4. The van der Waals surface area contributed by atoms with Gasteiger partial charge in [-0.3, -0.25) is 4.98 Å². The van der Waals surface area contributed by atoms with Crippen LogP contribution in [0.2, 0.25) is 18.1 Å². The van der Waals surface area contributed by atoms with Crippen molar-refractivity contribution >= 4 is 20.7 Å². The van der Waals surface area contributed by atoms with Crippen LogP contribution >= 0.6 is 0 Å². The van der Waals surface area contributed by atoms with Gasteiger partial charge < -0.3 is 9.22 Å². The molecule has 0 saturated heterocycles. The quantitative estimate of drug-likeness (QED) is 0.217. The van der Waals surface area contributed by atoms with E-state index in [1.54, 1.807) is 0 Å². The summed E-state index contributed by atoms with van der Waals surface area (Å²) in [5.74, 6) is 0.154. The lowest BCUT2D eigenvalue weighted by molar-refractivity contribution is -0.110. The molecular formula is C25H41NO2Si. The van der Waals surface area contributed by atoms with Crippen LogP contribution in [-0.2, 0) is 9.22 Å². The zero-order valence-electron chi connectivity index (χ0n) is 19.8. The zero-order chi connectivity index (χ0) is 22.1. The minimum absolute atomic E-state index is 0.0572. The lowest BCUT2D eigenvalue weighted by Crippen LogP contribution is -2.44. The Hall–Kier alpha value is -1.52. The highest BCUT2D eigenvalue weighted by Gasteiger charge is 2.39. The van der Waals surface area contributed by atoms with Gasteiger partial charge in [0.05, 0.1) is 11.8 Å². The second-order valence-corrected chi connectivity index (χ2v) is 14.6. The predicted molar refractivity (Wildman–Crippen MR) is 127 cm³/mol. The lowest BCUT2D eigenvalue weighted by Gasteiger charge is -2.39. The van der Waals surface area contributed by atoms with Crippen molar-refractivity contribution in [1.29, 1.82) is 0 Å². The first-order valence-corrected chi connectivity index (χ1v) is 13.7. The van der Waals surface area contributed by atoms with Gasteiger partial charge in [0.15, 0.2) is 8.32 Å². The maximum atomic E-state index is 10.8. The van der Waals surface area contributed by atoms with Crippen LogP contribution in [-0.4, -0.2) is 25.7 Å². The maximum absolute atomic E-state index is 10.8. The van der Waals surface area contributed by atoms with Crippen LogP contribution in [0.25, 0.3) is 6.08 Å². The van der Waals surface area contributed by atoms with E-state index in [9.17, 15) is 4.79 Å². The molecule has 29 heavy (non-hydrogen) atoms. The van der Waals surface area contributed by atoms with Crippen LogP contribution in [0.3, 0.4) is 0 Å². The summed E-state index contributed by atoms with van der Waals surface area (Å²) in [5, 5.41) is 0.167. The van der Waals surface area contributed by atoms with Gasteiger partial charge in [-0.15, -0.1) is 0 Å². The molecule has 3 nitrogen and oxygen atoms in total. The summed E-state index contributed by atoms with van der Waals surface area (Å²) in [5.41, 5.74) is 3.56. The number of nitrogens with zero attached hydrogens (tertiary/aromatic N) is 1. The summed E-state index contributed by atoms with van der Waals surface area (Å²) >= 11 is 0. The van der Waals surface area contributed by atoms with E-state index in [0.717, 1.165) is 37.7 Å². The number of pyridine rings is 1. The monoisotopic (exact) mass is 415 g/mol. The molecular weight excluding hydrogens is 374 g/mol. The van der Waals surface area contributed by atoms with Gasteiger partial charge in [0.1, 0.15) is 6.29 Å². The summed E-state index contributed by atoms with van der Waals surface area (Å²) in [6, 6.07) is 5.98. The second kappa shape index (κ2) is 11.6. The van der Waals surface area contributed by atoms with Gasteiger partial charge >= 0.3 is 0 Å². The number of aldehydes is 1. The third-order valence-electron chi connectivity index (χ3n) is 5.96. The summed E-state index contributed by atoms with van der Waals surface area (Å²) < 4.78 is 6.80. The average Bonchev–Trinajstić information content (AvgIpc) is 2.64. The van der Waals surface area contributed by atoms with Crippen LogP contribution in [0.1, 0.15) is 72.9 Å². The van der Waals surface area contributed by atoms with Crippen molar-refractivity contribution < 1.29 is 9.22 Å². The van der Waals surface area contributed by atoms with Crippen LogP contribution in [0, 0.1) is 5.92 Å². The SMILES string of the molecule is CC(=CCC(O[Si](C)(C)C(C)(C)C)C(C)=Cc1ccccn1)CCCC(C)C=O. The van der Waals surface area contributed by atoms with E-state index < -0.39 is 8.32 Å². The molecule has 1 aromatic rings. The Labute approximate surface area is 179 Å². The van der Waals surface area contributed by atoms with E-state index >= 15 is 0 Å². The number of aromatic nitrogens is 1. The van der Waals surface area contributed by atoms with Gasteiger partial charge in [0.25, 0.3) is 0 Å². The molecule has 0 N–H and O–H groups in total. The third-order valence-corrected chi connectivity index (χ3v) is 10.4. The van der Waals surface area contributed by atoms with Gasteiger partial charge in [-0.05, 0) is 81.4 Å². The molecule has 162 valence electrons. The standard InChI is InChI=1S/C25H41NO2Si/c1-20(12-11-13-21(2)19-27)15-16-24(28-29(7,8)25(4,5)6)22(3)18-23-14-9-10-17-26-23/h9-10,14-15,17-19,21,24H,11-13,16H2,1-8H3. The van der Waals surface area contributed by atoms with Crippen LogP contribution < -0.4 is 0 Å². The smallest absolute Gasteiger partial charge is 0.192 e. The van der Waals surface area contributed by atoms with Crippen molar-refractivity contribution in [2.24, 2.45) is 5.92 Å². The molecule has 0 aliphatic rings. The Morgan fingerprint density at radius 2 is 1.93 bits per heavy atom. The maximum Gasteiger partial charge on any atom is 0.192 e. The molecule has 0 aliphatic carbocycles. The minimum Gasteiger partial charge on any atom is -0.410 e. The number of carbonyl (C=O) groups is 1. The van der Waals surface area contributed by atoms with Crippen molar-refractivity contribution in [1.82, 2.24) is 4.98 Å². The Morgan fingerprint density at radius 1 is 1.24 bits per heavy atom. The minimum atomic E-state index is -1.89. The van der Waals surface area contributed by atoms with E-state index in [2.05, 4.69) is 64.8 Å². The fourth-order valence-corrected chi connectivity index (χ4v) is 4.18. The molecule has 1 heterocycles. The number of carbonyl (C=O) groups excluding carboxylic acids is 1. The third kappa shape index (κ3) is 9.22. The van der Waals surface area contributed by atoms with Gasteiger partial charge in [0.2, 0.25) is 0 Å². The normalized spacial score (nSPS) is 15.9. The molecule has 2 atom stereocenters. The highest BCUT2D eigenvalue weighted by Crippen LogP contribution is 2.38. The van der Waals surface area contributed by atoms with Gasteiger partial charge in [-0.2, -0.15) is 0 Å². The number of rotatable bonds is 11. The number of hydrogen-bond donors (Lipinski definition) is 0. The fourth-order valence-electron chi connectivity index (χ4n) is 2.83. The van der Waals surface area contributed by atoms with Crippen molar-refractivity contribution in [3.63, 3.8) is 0 Å². The first-order chi connectivity index (χ1) is 13.5. The molecule has 1 aromatic heterocycles. The number of allylic oxidation sites excluding steroid dienone is 1. The van der Waals surface area contributed by atoms with E-state index in [1.165, 1.54) is 11.1 Å². The van der Waals surface area contributed by atoms with Gasteiger partial charge in [0, 0.05) is 12.1 Å². The van der Waals surface area contributed by atoms with Crippen molar-refractivity contribution in [3.05, 3.63) is 47.3 Å². The van der Waals surface area contributed by atoms with Gasteiger partial charge in [-0.25, -0.2) is 0 Å². The molecule has 2 unspecified atom stereocenters. The van der Waals surface area contributed by atoms with E-state index in [-0.39, 0.29) is 17.1 Å². The van der Waals surface area contributed by atoms with Crippen molar-refractivity contribution in [2.45, 2.75) is 91.5 Å². The predicted octanol–water partition coefficient (Wildman–Crippen LogP) is 7.22. The Balaban J connectivity index is 2.94. The summed E-state index contributed by atoms with van der Waals surface area (Å²) in [4.78, 5) is 15.2. The first kappa shape index (κ1) is 25.5. The van der Waals surface area contributed by atoms with Crippen molar-refractivity contribution in [3.8, 4) is 0 Å². The molecule has 4 heteroatoms. The van der Waals surface area contributed by atoms with E-state index in [0.29, 0.717) is 0 Å². The molecule has 0 aliphatic heterocycles. The second-order valence-electron chi connectivity index (χ2n) is 9.80. The zero-order valence-corrected chi connectivity index (χ0v) is 20.8. The Bertz CT molecular complexity index is 687. The van der Waals surface area contributed by atoms with E-state index in [4.69, 9.17) is 4.43 Å². The van der Waals surface area contributed by atoms with Crippen LogP contribution in [0.5, 0.6) is 0 Å². The Morgan fingerprint density at radius 3 is 2.48 bits per heavy atom. The topological polar surface area (TPSA) is 39.2 Å². The highest BCUT2D eigenvalue weighted by molar-refractivity contribution is 6.74. The summed E-state index contributed by atoms with van der Waals surface area (Å²) in [6.07, 6.45) is 11.3. The molecule has 0 aromatic carbocycles. The summed E-state index contributed by atoms with van der Waals surface area (Å²) in [7, 11) is -1.89. The Kier molecular flexibility index (Phi) is 10.2. The molecule has 0 saturated carbocycles. The summed E-state index contributed by atoms with van der Waals surface area (Å²) in [6.45, 7) is 17.8. The largest absolute Gasteiger partial charge is 0.410 e. The number of hydrogen-bond acceptors (Lipinski definition) is 3. The van der Waals surface area contributed by atoms with Crippen LogP contribution in [0.4, 0.5) is 0 Å². The molecule has 0 radical (unpaired) electrons. The average molecular weight is 416 g/mol. The van der Waals surface area contributed by atoms with Gasteiger partial charge in [-0.1, -0.05) is 45.4 Å². The lowest BCUT2D eigenvalue weighted by atomic mass is 10.0. The molecule has 1 rings (SSSR count). The van der Waals surface area contributed by atoms with E-state index in [1.807, 2.05) is 31.3 Å². The molecule has 0 fully saturated rings. The molecule has 0 spiro atoms. The first-order valence-electron chi connectivity index (χ1n) is 10.8. The molecule has 0 amide bonds.